The van der Waals surface area contributed by atoms with E-state index in [2.05, 4.69) is 10.6 Å². The maximum atomic E-state index is 12.5. The normalized spacial score (nSPS) is 21.0. The van der Waals surface area contributed by atoms with Crippen molar-refractivity contribution < 1.29 is 14.3 Å². The van der Waals surface area contributed by atoms with Crippen molar-refractivity contribution >= 4 is 40.9 Å². The van der Waals surface area contributed by atoms with E-state index in [-0.39, 0.29) is 24.3 Å². The molecule has 134 valence electrons. The first-order valence-electron chi connectivity index (χ1n) is 8.38. The summed E-state index contributed by atoms with van der Waals surface area (Å²) in [5, 5.41) is 5.98. The molecular formula is C19H17ClN2O3S. The van der Waals surface area contributed by atoms with Gasteiger partial charge in [-0.05, 0) is 24.3 Å². The van der Waals surface area contributed by atoms with Crippen molar-refractivity contribution in [3.8, 4) is 5.75 Å². The molecule has 4 rings (SSSR count). The van der Waals surface area contributed by atoms with E-state index >= 15 is 0 Å². The van der Waals surface area contributed by atoms with Gasteiger partial charge in [0.15, 0.2) is 0 Å². The number of ether oxygens (including phenoxy) is 1. The van der Waals surface area contributed by atoms with Crippen molar-refractivity contribution in [2.24, 2.45) is 0 Å². The fourth-order valence-electron chi connectivity index (χ4n) is 3.17. The minimum absolute atomic E-state index is 0.0878. The highest BCUT2D eigenvalue weighted by molar-refractivity contribution is 8.01. The van der Waals surface area contributed by atoms with Crippen molar-refractivity contribution in [3.63, 3.8) is 0 Å². The summed E-state index contributed by atoms with van der Waals surface area (Å²) in [5.74, 6) is 0.490. The Kier molecular flexibility index (Phi) is 4.78. The van der Waals surface area contributed by atoms with Gasteiger partial charge in [-0.15, -0.1) is 11.8 Å². The van der Waals surface area contributed by atoms with Crippen LogP contribution in [0.1, 0.15) is 24.4 Å². The van der Waals surface area contributed by atoms with Gasteiger partial charge in [-0.25, -0.2) is 0 Å². The highest BCUT2D eigenvalue weighted by atomic mass is 35.5. The smallest absolute Gasteiger partial charge is 0.238 e. The van der Waals surface area contributed by atoms with Crippen LogP contribution in [0.3, 0.4) is 0 Å². The molecule has 2 heterocycles. The van der Waals surface area contributed by atoms with Crippen LogP contribution in [-0.2, 0) is 9.59 Å². The number of hydrogen-bond donors (Lipinski definition) is 2. The van der Waals surface area contributed by atoms with E-state index in [4.69, 9.17) is 16.3 Å². The second-order valence-corrected chi connectivity index (χ2v) is 7.92. The SMILES string of the molecule is O=C(C[C@H]1Sc2ccc(Cl)cc2NC1=O)N[C@H]1CCOc2ccccc21. The summed E-state index contributed by atoms with van der Waals surface area (Å²) in [6, 6.07) is 13.0. The molecule has 2 aliphatic heterocycles. The average molecular weight is 389 g/mol. The zero-order valence-electron chi connectivity index (χ0n) is 13.8. The highest BCUT2D eigenvalue weighted by Crippen LogP contribution is 2.38. The third-order valence-corrected chi connectivity index (χ3v) is 5.94. The first-order chi connectivity index (χ1) is 12.6. The van der Waals surface area contributed by atoms with Gasteiger partial charge in [0.05, 0.1) is 23.6 Å². The van der Waals surface area contributed by atoms with Crippen molar-refractivity contribution in [2.75, 3.05) is 11.9 Å². The number of fused-ring (bicyclic) bond motifs is 2. The van der Waals surface area contributed by atoms with E-state index in [0.29, 0.717) is 23.7 Å². The van der Waals surface area contributed by atoms with Crippen LogP contribution in [0.5, 0.6) is 5.75 Å². The second-order valence-electron chi connectivity index (χ2n) is 6.24. The Balaban J connectivity index is 1.43. The minimum Gasteiger partial charge on any atom is -0.493 e. The number of para-hydroxylation sites is 1. The number of thioether (sulfide) groups is 1. The number of carbonyl (C=O) groups is 2. The molecule has 26 heavy (non-hydrogen) atoms. The number of anilines is 1. The molecule has 0 saturated carbocycles. The molecule has 0 spiro atoms. The fraction of sp³-hybridized carbons (Fsp3) is 0.263. The minimum atomic E-state index is -0.459. The first kappa shape index (κ1) is 17.2. The topological polar surface area (TPSA) is 67.4 Å². The summed E-state index contributed by atoms with van der Waals surface area (Å²) >= 11 is 7.35. The fourth-order valence-corrected chi connectivity index (χ4v) is 4.43. The van der Waals surface area contributed by atoms with Crippen molar-refractivity contribution in [1.29, 1.82) is 0 Å². The third kappa shape index (κ3) is 3.52. The van der Waals surface area contributed by atoms with Crippen LogP contribution in [0.2, 0.25) is 5.02 Å². The Morgan fingerprint density at radius 2 is 2.15 bits per heavy atom. The molecule has 2 aromatic carbocycles. The zero-order chi connectivity index (χ0) is 18.1. The van der Waals surface area contributed by atoms with Gasteiger partial charge in [-0.2, -0.15) is 0 Å². The Morgan fingerprint density at radius 3 is 3.04 bits per heavy atom. The summed E-state index contributed by atoms with van der Waals surface area (Å²) in [4.78, 5) is 25.8. The molecule has 0 aliphatic carbocycles. The van der Waals surface area contributed by atoms with Crippen molar-refractivity contribution in [1.82, 2.24) is 5.32 Å². The number of carbonyl (C=O) groups excluding carboxylic acids is 2. The third-order valence-electron chi connectivity index (χ3n) is 4.43. The van der Waals surface area contributed by atoms with Crippen LogP contribution in [0.15, 0.2) is 47.4 Å². The van der Waals surface area contributed by atoms with Crippen molar-refractivity contribution in [2.45, 2.75) is 29.0 Å². The number of amides is 2. The lowest BCUT2D eigenvalue weighted by molar-refractivity contribution is -0.124. The molecule has 0 unspecified atom stereocenters. The first-order valence-corrected chi connectivity index (χ1v) is 9.64. The number of halogens is 1. The predicted molar refractivity (Wildman–Crippen MR) is 102 cm³/mol. The number of rotatable bonds is 3. The van der Waals surface area contributed by atoms with Crippen LogP contribution < -0.4 is 15.4 Å². The van der Waals surface area contributed by atoms with E-state index in [9.17, 15) is 9.59 Å². The van der Waals surface area contributed by atoms with E-state index < -0.39 is 5.25 Å². The molecule has 2 aromatic rings. The Hall–Kier alpha value is -2.18. The summed E-state index contributed by atoms with van der Waals surface area (Å²) in [6.07, 6.45) is 0.839. The largest absolute Gasteiger partial charge is 0.493 e. The Labute approximate surface area is 160 Å². The van der Waals surface area contributed by atoms with Crippen LogP contribution in [-0.4, -0.2) is 23.7 Å². The molecular weight excluding hydrogens is 372 g/mol. The second kappa shape index (κ2) is 7.21. The average Bonchev–Trinajstić information content (AvgIpc) is 2.63. The molecule has 5 nitrogen and oxygen atoms in total. The van der Waals surface area contributed by atoms with Gasteiger partial charge in [-0.3, -0.25) is 9.59 Å². The van der Waals surface area contributed by atoms with Gasteiger partial charge in [0, 0.05) is 28.3 Å². The molecule has 2 atom stereocenters. The monoisotopic (exact) mass is 388 g/mol. The van der Waals surface area contributed by atoms with Crippen LogP contribution >= 0.6 is 23.4 Å². The Morgan fingerprint density at radius 1 is 1.31 bits per heavy atom. The number of hydrogen-bond acceptors (Lipinski definition) is 4. The molecule has 7 heteroatoms. The maximum Gasteiger partial charge on any atom is 0.238 e. The van der Waals surface area contributed by atoms with Crippen LogP contribution in [0.25, 0.3) is 0 Å². The van der Waals surface area contributed by atoms with E-state index in [1.807, 2.05) is 30.3 Å². The van der Waals surface area contributed by atoms with Gasteiger partial charge in [0.25, 0.3) is 0 Å². The predicted octanol–water partition coefficient (Wildman–Crippen LogP) is 3.78. The van der Waals surface area contributed by atoms with Gasteiger partial charge >= 0.3 is 0 Å². The molecule has 0 radical (unpaired) electrons. The van der Waals surface area contributed by atoms with Gasteiger partial charge in [-0.1, -0.05) is 29.8 Å². The van der Waals surface area contributed by atoms with Gasteiger partial charge in [0.2, 0.25) is 11.8 Å². The molecule has 2 N–H and O–H groups in total. The van der Waals surface area contributed by atoms with Gasteiger partial charge in [0.1, 0.15) is 5.75 Å². The molecule has 0 aromatic heterocycles. The molecule has 0 bridgehead atoms. The lowest BCUT2D eigenvalue weighted by atomic mass is 10.0. The van der Waals surface area contributed by atoms with E-state index in [1.165, 1.54) is 11.8 Å². The zero-order valence-corrected chi connectivity index (χ0v) is 15.4. The van der Waals surface area contributed by atoms with Crippen molar-refractivity contribution in [3.05, 3.63) is 53.1 Å². The highest BCUT2D eigenvalue weighted by Gasteiger charge is 2.30. The van der Waals surface area contributed by atoms with E-state index in [0.717, 1.165) is 16.2 Å². The maximum absolute atomic E-state index is 12.5. The Bertz CT molecular complexity index is 874. The standard InChI is InChI=1S/C19H17ClN2O3S/c20-11-5-6-16-14(9-11)22-19(24)17(26-16)10-18(23)21-13-7-8-25-15-4-2-1-3-12(13)15/h1-6,9,13,17H,7-8,10H2,(H,21,23)(H,22,24)/t13-,17+/m0/s1. The van der Waals surface area contributed by atoms with Crippen LogP contribution in [0.4, 0.5) is 5.69 Å². The number of benzene rings is 2. The molecule has 0 fully saturated rings. The molecule has 2 amide bonds. The van der Waals surface area contributed by atoms with Crippen LogP contribution in [0, 0.1) is 0 Å². The lowest BCUT2D eigenvalue weighted by Crippen LogP contribution is -2.37. The van der Waals surface area contributed by atoms with Gasteiger partial charge < -0.3 is 15.4 Å². The summed E-state index contributed by atoms with van der Waals surface area (Å²) in [5.41, 5.74) is 1.68. The summed E-state index contributed by atoms with van der Waals surface area (Å²) in [6.45, 7) is 0.564. The summed E-state index contributed by atoms with van der Waals surface area (Å²) in [7, 11) is 0. The number of nitrogens with one attached hydrogen (secondary N) is 2. The quantitative estimate of drug-likeness (QED) is 0.839. The summed E-state index contributed by atoms with van der Waals surface area (Å²) < 4.78 is 5.62. The molecule has 0 saturated heterocycles. The molecule has 2 aliphatic rings. The lowest BCUT2D eigenvalue weighted by Gasteiger charge is -2.28. The van der Waals surface area contributed by atoms with E-state index in [1.54, 1.807) is 12.1 Å².